The first kappa shape index (κ1) is 39.1. The normalized spacial score (nSPS) is 13.5. The number of nitrogens with two attached hydrogens (primary N) is 1. The highest BCUT2D eigenvalue weighted by molar-refractivity contribution is 7.98. The zero-order valence-corrected chi connectivity index (χ0v) is 28.6. The largest absolute Gasteiger partial charge is 0.388 e. The summed E-state index contributed by atoms with van der Waals surface area (Å²) in [4.78, 5) is 54.0. The van der Waals surface area contributed by atoms with Crippen molar-refractivity contribution in [2.75, 3.05) is 25.1 Å². The number of nitrogens with zero attached hydrogens (tertiary/aromatic N) is 1. The lowest BCUT2D eigenvalue weighted by molar-refractivity contribution is -0.0224. The van der Waals surface area contributed by atoms with Crippen LogP contribution >= 0.6 is 11.8 Å². The van der Waals surface area contributed by atoms with Crippen LogP contribution in [0.1, 0.15) is 80.1 Å². The molecule has 0 fully saturated rings. The van der Waals surface area contributed by atoms with E-state index in [4.69, 9.17) is 5.73 Å². The minimum absolute atomic E-state index is 0.0495. The summed E-state index contributed by atoms with van der Waals surface area (Å²) in [6, 6.07) is 12.5. The van der Waals surface area contributed by atoms with Gasteiger partial charge in [0.1, 0.15) is 23.8 Å². The second-order valence-electron chi connectivity index (χ2n) is 11.7. The van der Waals surface area contributed by atoms with E-state index in [-0.39, 0.29) is 35.1 Å². The van der Waals surface area contributed by atoms with Crippen molar-refractivity contribution in [1.29, 1.82) is 0 Å². The van der Waals surface area contributed by atoms with Crippen molar-refractivity contribution in [1.82, 2.24) is 15.5 Å². The second kappa shape index (κ2) is 19.0. The Balaban J connectivity index is 2.00. The Morgan fingerprint density at radius 1 is 0.776 bits per heavy atom. The van der Waals surface area contributed by atoms with Gasteiger partial charge in [0.15, 0.2) is 0 Å². The van der Waals surface area contributed by atoms with Gasteiger partial charge in [-0.2, -0.15) is 11.8 Å². The maximum absolute atomic E-state index is 14.2. The molecule has 3 aromatic rings. The molecule has 0 radical (unpaired) electrons. The van der Waals surface area contributed by atoms with Crippen molar-refractivity contribution in [3.05, 3.63) is 106 Å². The van der Waals surface area contributed by atoms with Gasteiger partial charge in [-0.3, -0.25) is 19.2 Å². The number of primary amides is 1. The quantitative estimate of drug-likeness (QED) is 0.134. The fraction of sp³-hybridized carbons (Fsp3) is 0.389. The summed E-state index contributed by atoms with van der Waals surface area (Å²) < 4.78 is 28.4. The minimum atomic E-state index is -1.76. The maximum Gasteiger partial charge on any atom is 0.253 e. The smallest absolute Gasteiger partial charge is 0.253 e. The summed E-state index contributed by atoms with van der Waals surface area (Å²) >= 11 is 1.45. The van der Waals surface area contributed by atoms with Gasteiger partial charge in [-0.05, 0) is 85.7 Å². The fourth-order valence-electron chi connectivity index (χ4n) is 5.44. The van der Waals surface area contributed by atoms with Crippen molar-refractivity contribution in [2.45, 2.75) is 63.8 Å². The number of aliphatic hydroxyl groups is 2. The van der Waals surface area contributed by atoms with Crippen LogP contribution in [0.4, 0.5) is 8.78 Å². The van der Waals surface area contributed by atoms with E-state index in [0.29, 0.717) is 43.3 Å². The molecule has 3 rings (SSSR count). The summed E-state index contributed by atoms with van der Waals surface area (Å²) in [5.74, 6) is -3.90. The Bertz CT molecular complexity index is 1570. The molecule has 0 saturated heterocycles. The Labute approximate surface area is 289 Å². The fourth-order valence-corrected chi connectivity index (χ4v) is 5.93. The van der Waals surface area contributed by atoms with Crippen LogP contribution in [0.25, 0.3) is 0 Å². The topological polar surface area (TPSA) is 162 Å². The molecular formula is C36H44F2N4O6S. The summed E-state index contributed by atoms with van der Waals surface area (Å²) in [5.41, 5.74) is 5.75. The SMILES string of the molecule is CCCN(CCC)C(=O)c1cc(C(N)=O)cc(C(=O)N[C@@H](Cc2cc(F)cc(F)c2)[C@@H](O)[C@H](O)[C@@H](CCSC)NC(=O)c2ccccc2)c1. The molecule has 4 atom stereocenters. The number of amides is 4. The van der Waals surface area contributed by atoms with E-state index in [9.17, 15) is 38.2 Å². The molecule has 264 valence electrons. The van der Waals surface area contributed by atoms with Gasteiger partial charge in [-0.15, -0.1) is 0 Å². The monoisotopic (exact) mass is 698 g/mol. The van der Waals surface area contributed by atoms with Crippen LogP contribution in [-0.4, -0.2) is 88.1 Å². The van der Waals surface area contributed by atoms with Crippen LogP contribution in [0, 0.1) is 11.6 Å². The lowest BCUT2D eigenvalue weighted by Crippen LogP contribution is -2.56. The van der Waals surface area contributed by atoms with Gasteiger partial charge >= 0.3 is 0 Å². The molecular weight excluding hydrogens is 654 g/mol. The molecule has 0 saturated carbocycles. The number of carbonyl (C=O) groups excluding carboxylic acids is 4. The van der Waals surface area contributed by atoms with Crippen molar-refractivity contribution in [3.63, 3.8) is 0 Å². The van der Waals surface area contributed by atoms with Gasteiger partial charge in [-0.1, -0.05) is 32.0 Å². The average molecular weight is 699 g/mol. The van der Waals surface area contributed by atoms with Crippen LogP contribution in [0.3, 0.4) is 0 Å². The molecule has 0 aromatic heterocycles. The predicted octanol–water partition coefficient (Wildman–Crippen LogP) is 3.94. The molecule has 13 heteroatoms. The third-order valence-corrected chi connectivity index (χ3v) is 8.50. The number of benzene rings is 3. The van der Waals surface area contributed by atoms with E-state index in [1.807, 2.05) is 20.1 Å². The molecule has 3 aromatic carbocycles. The van der Waals surface area contributed by atoms with E-state index in [1.54, 1.807) is 35.2 Å². The van der Waals surface area contributed by atoms with Gasteiger partial charge in [-0.25, -0.2) is 8.78 Å². The lowest BCUT2D eigenvalue weighted by atomic mass is 9.92. The number of rotatable bonds is 18. The van der Waals surface area contributed by atoms with Crippen LogP contribution in [0.2, 0.25) is 0 Å². The molecule has 0 aliphatic carbocycles. The van der Waals surface area contributed by atoms with Crippen molar-refractivity contribution in [3.8, 4) is 0 Å². The number of hydrogen-bond acceptors (Lipinski definition) is 7. The first-order valence-electron chi connectivity index (χ1n) is 16.1. The first-order chi connectivity index (χ1) is 23.4. The van der Waals surface area contributed by atoms with Gasteiger partial charge in [0.25, 0.3) is 17.7 Å². The third-order valence-electron chi connectivity index (χ3n) is 7.86. The number of carbonyl (C=O) groups is 4. The minimum Gasteiger partial charge on any atom is -0.388 e. The maximum atomic E-state index is 14.2. The summed E-state index contributed by atoms with van der Waals surface area (Å²) in [5, 5.41) is 28.4. The first-order valence-corrected chi connectivity index (χ1v) is 17.5. The molecule has 0 heterocycles. The zero-order valence-electron chi connectivity index (χ0n) is 27.8. The number of hydrogen-bond donors (Lipinski definition) is 5. The van der Waals surface area contributed by atoms with Crippen LogP contribution in [0.15, 0.2) is 66.7 Å². The summed E-state index contributed by atoms with van der Waals surface area (Å²) in [6.07, 6.45) is -0.295. The molecule has 0 spiro atoms. The molecule has 0 aliphatic heterocycles. The highest BCUT2D eigenvalue weighted by atomic mass is 32.2. The Hall–Kier alpha value is -4.33. The van der Waals surface area contributed by atoms with Crippen molar-refractivity contribution in [2.24, 2.45) is 5.73 Å². The number of thioether (sulfide) groups is 1. The van der Waals surface area contributed by atoms with E-state index in [1.165, 1.54) is 30.0 Å². The Morgan fingerprint density at radius 3 is 1.88 bits per heavy atom. The molecule has 10 nitrogen and oxygen atoms in total. The second-order valence-corrected chi connectivity index (χ2v) is 12.7. The van der Waals surface area contributed by atoms with Gasteiger partial charge in [0.2, 0.25) is 5.91 Å². The highest BCUT2D eigenvalue weighted by Crippen LogP contribution is 2.19. The molecule has 4 amide bonds. The Morgan fingerprint density at radius 2 is 1.31 bits per heavy atom. The van der Waals surface area contributed by atoms with Crippen molar-refractivity contribution < 1.29 is 38.2 Å². The van der Waals surface area contributed by atoms with E-state index in [0.717, 1.165) is 12.1 Å². The summed E-state index contributed by atoms with van der Waals surface area (Å²) in [7, 11) is 0. The lowest BCUT2D eigenvalue weighted by Gasteiger charge is -2.33. The van der Waals surface area contributed by atoms with E-state index in [2.05, 4.69) is 10.6 Å². The highest BCUT2D eigenvalue weighted by Gasteiger charge is 2.35. The van der Waals surface area contributed by atoms with Crippen LogP contribution < -0.4 is 16.4 Å². The standard InChI is InChI=1S/C36H44F2N4O6S/c1-4-12-42(13-5-2)36(48)26-19-24(33(39)45)18-25(20-26)35(47)41-30(17-22-15-27(37)21-28(38)16-22)32(44)31(43)29(11-14-49-3)40-34(46)23-9-7-6-8-10-23/h6-10,15-16,18-21,29-32,43-44H,4-5,11-14,17H2,1-3H3,(H2,39,45)(H,40,46)(H,41,47)/t29-,30+,31-,32-/m1/s1. The van der Waals surface area contributed by atoms with Crippen LogP contribution in [0.5, 0.6) is 0 Å². The van der Waals surface area contributed by atoms with Crippen molar-refractivity contribution >= 4 is 35.4 Å². The zero-order chi connectivity index (χ0) is 36.1. The number of halogens is 2. The van der Waals surface area contributed by atoms with Gasteiger partial charge in [0.05, 0.1) is 12.1 Å². The number of aliphatic hydroxyl groups excluding tert-OH is 2. The number of nitrogens with one attached hydrogen (secondary N) is 2. The molecule has 0 aliphatic rings. The van der Waals surface area contributed by atoms with Gasteiger partial charge in [0, 0.05) is 41.4 Å². The molecule has 49 heavy (non-hydrogen) atoms. The van der Waals surface area contributed by atoms with Gasteiger partial charge < -0.3 is 31.5 Å². The Kier molecular flexibility index (Phi) is 15.2. The molecule has 0 bridgehead atoms. The molecule has 6 N–H and O–H groups in total. The predicted molar refractivity (Wildman–Crippen MR) is 185 cm³/mol. The van der Waals surface area contributed by atoms with Crippen LogP contribution in [-0.2, 0) is 6.42 Å². The summed E-state index contributed by atoms with van der Waals surface area (Å²) in [6.45, 7) is 4.73. The van der Waals surface area contributed by atoms with E-state index >= 15 is 0 Å². The average Bonchev–Trinajstić information content (AvgIpc) is 3.08. The van der Waals surface area contributed by atoms with E-state index < -0.39 is 59.6 Å². The molecule has 0 unspecified atom stereocenters. The third kappa shape index (κ3) is 11.4.